The number of carbonyl (C=O) groups is 1. The molecule has 6 nitrogen and oxygen atoms in total. The summed E-state index contributed by atoms with van der Waals surface area (Å²) in [5.41, 5.74) is 2.33. The van der Waals surface area contributed by atoms with E-state index in [9.17, 15) is 4.79 Å². The molecular formula is C12H13N3O3. The second-order valence-corrected chi connectivity index (χ2v) is 4.46. The number of aromatic carboxylic acids is 1. The molecule has 0 atom stereocenters. The lowest BCUT2D eigenvalue weighted by Gasteiger charge is -2.12. The number of hydrogen-bond donors (Lipinski definition) is 1. The van der Waals surface area contributed by atoms with Gasteiger partial charge in [0.2, 0.25) is 0 Å². The number of rotatable bonds is 3. The molecule has 0 unspecified atom stereocenters. The molecule has 0 saturated carbocycles. The predicted molar refractivity (Wildman–Crippen MR) is 61.4 cm³/mol. The minimum Gasteiger partial charge on any atom is -0.476 e. The first kappa shape index (κ1) is 11.0. The lowest BCUT2D eigenvalue weighted by Crippen LogP contribution is -2.08. The molecule has 1 N–H and O–H groups in total. The van der Waals surface area contributed by atoms with Gasteiger partial charge in [0.1, 0.15) is 0 Å². The van der Waals surface area contributed by atoms with E-state index < -0.39 is 5.97 Å². The van der Waals surface area contributed by atoms with Gasteiger partial charge in [-0.2, -0.15) is 0 Å². The van der Waals surface area contributed by atoms with Crippen molar-refractivity contribution >= 4 is 5.97 Å². The lowest BCUT2D eigenvalue weighted by atomic mass is 10.0. The highest BCUT2D eigenvalue weighted by Gasteiger charge is 2.17. The van der Waals surface area contributed by atoms with Crippen LogP contribution in [-0.2, 0) is 19.4 Å². The molecule has 2 aromatic rings. The van der Waals surface area contributed by atoms with E-state index in [0.29, 0.717) is 12.3 Å². The highest BCUT2D eigenvalue weighted by Crippen LogP contribution is 2.20. The molecule has 1 aliphatic rings. The molecule has 6 heteroatoms. The number of carboxylic acid groups (broad SMARTS) is 1. The number of hydrogen-bond acceptors (Lipinski definition) is 4. The topological polar surface area (TPSA) is 81.1 Å². The fraction of sp³-hybridized carbons (Fsp3) is 0.417. The third-order valence-corrected chi connectivity index (χ3v) is 3.21. The summed E-state index contributed by atoms with van der Waals surface area (Å²) in [4.78, 5) is 15.1. The van der Waals surface area contributed by atoms with Crippen molar-refractivity contribution in [3.8, 4) is 0 Å². The molecular weight excluding hydrogens is 234 g/mol. The quantitative estimate of drug-likeness (QED) is 0.888. The van der Waals surface area contributed by atoms with Crippen LogP contribution in [0.2, 0.25) is 0 Å². The normalized spacial score (nSPS) is 14.4. The van der Waals surface area contributed by atoms with Crippen molar-refractivity contribution in [3.05, 3.63) is 35.2 Å². The molecule has 0 amide bonds. The van der Waals surface area contributed by atoms with Gasteiger partial charge in [0.15, 0.2) is 11.5 Å². The molecule has 0 aliphatic heterocycles. The molecule has 0 aromatic carbocycles. The van der Waals surface area contributed by atoms with Crippen LogP contribution in [0.15, 0.2) is 16.9 Å². The summed E-state index contributed by atoms with van der Waals surface area (Å²) in [7, 11) is 0. The Bertz CT molecular complexity index is 585. The Kier molecular flexibility index (Phi) is 2.62. The molecule has 2 heterocycles. The Morgan fingerprint density at radius 2 is 2.28 bits per heavy atom. The number of aryl methyl sites for hydroxylation is 1. The van der Waals surface area contributed by atoms with E-state index in [1.807, 2.05) is 4.57 Å². The molecule has 0 bridgehead atoms. The second-order valence-electron chi connectivity index (χ2n) is 4.46. The van der Waals surface area contributed by atoms with Gasteiger partial charge in [-0.15, -0.1) is 0 Å². The van der Waals surface area contributed by atoms with Crippen molar-refractivity contribution in [1.82, 2.24) is 14.7 Å². The van der Waals surface area contributed by atoms with Crippen molar-refractivity contribution < 1.29 is 14.4 Å². The predicted octanol–water partition coefficient (Wildman–Crippen LogP) is 1.50. The first-order chi connectivity index (χ1) is 8.74. The molecule has 0 saturated heterocycles. The Morgan fingerprint density at radius 1 is 1.44 bits per heavy atom. The van der Waals surface area contributed by atoms with E-state index >= 15 is 0 Å². The molecule has 94 valence electrons. The van der Waals surface area contributed by atoms with E-state index in [1.54, 1.807) is 6.33 Å². The van der Waals surface area contributed by atoms with Crippen LogP contribution in [-0.4, -0.2) is 25.8 Å². The van der Waals surface area contributed by atoms with Crippen molar-refractivity contribution in [3.63, 3.8) is 0 Å². The zero-order chi connectivity index (χ0) is 12.5. The summed E-state index contributed by atoms with van der Waals surface area (Å²) in [6.45, 7) is 0.489. The monoisotopic (exact) mass is 247 g/mol. The first-order valence-corrected chi connectivity index (χ1v) is 5.96. The fourth-order valence-electron chi connectivity index (χ4n) is 2.32. The Morgan fingerprint density at radius 3 is 3.06 bits per heavy atom. The summed E-state index contributed by atoms with van der Waals surface area (Å²) in [6, 6.07) is 1.46. The minimum atomic E-state index is -1.07. The van der Waals surface area contributed by atoms with Crippen LogP contribution in [0.1, 0.15) is 40.5 Å². The molecule has 2 aromatic heterocycles. The van der Waals surface area contributed by atoms with Crippen molar-refractivity contribution in [1.29, 1.82) is 0 Å². The molecule has 18 heavy (non-hydrogen) atoms. The minimum absolute atomic E-state index is 0.0565. The van der Waals surface area contributed by atoms with Gasteiger partial charge in [-0.25, -0.2) is 9.78 Å². The average Bonchev–Trinajstić information content (AvgIpc) is 2.98. The van der Waals surface area contributed by atoms with Crippen LogP contribution >= 0.6 is 0 Å². The van der Waals surface area contributed by atoms with Gasteiger partial charge in [0.25, 0.3) is 0 Å². The van der Waals surface area contributed by atoms with E-state index in [1.165, 1.54) is 24.6 Å². The molecule has 0 fully saturated rings. The van der Waals surface area contributed by atoms with Gasteiger partial charge in [0, 0.05) is 11.8 Å². The fourth-order valence-corrected chi connectivity index (χ4v) is 2.32. The SMILES string of the molecule is O=C(O)c1cc(Cn2cnc3c2CCCC3)on1. The summed E-state index contributed by atoms with van der Waals surface area (Å²) in [5.74, 6) is -0.532. The van der Waals surface area contributed by atoms with Crippen LogP contribution in [0.5, 0.6) is 0 Å². The van der Waals surface area contributed by atoms with Gasteiger partial charge in [-0.3, -0.25) is 0 Å². The maximum Gasteiger partial charge on any atom is 0.358 e. The van der Waals surface area contributed by atoms with Crippen molar-refractivity contribution in [2.45, 2.75) is 32.2 Å². The molecule has 1 aliphatic carbocycles. The van der Waals surface area contributed by atoms with Crippen LogP contribution in [0.4, 0.5) is 0 Å². The number of nitrogens with zero attached hydrogens (tertiary/aromatic N) is 3. The maximum absolute atomic E-state index is 10.7. The Labute approximate surface area is 103 Å². The summed E-state index contributed by atoms with van der Waals surface area (Å²) in [5, 5.41) is 12.3. The smallest absolute Gasteiger partial charge is 0.358 e. The van der Waals surface area contributed by atoms with Crippen molar-refractivity contribution in [2.24, 2.45) is 0 Å². The second kappa shape index (κ2) is 4.29. The van der Waals surface area contributed by atoms with E-state index in [2.05, 4.69) is 10.1 Å². The van der Waals surface area contributed by atoms with Gasteiger partial charge >= 0.3 is 5.97 Å². The third kappa shape index (κ3) is 1.90. The number of fused-ring (bicyclic) bond motifs is 1. The Hall–Kier alpha value is -2.11. The van der Waals surface area contributed by atoms with Gasteiger partial charge in [-0.1, -0.05) is 5.16 Å². The van der Waals surface area contributed by atoms with E-state index in [-0.39, 0.29) is 5.69 Å². The maximum atomic E-state index is 10.7. The highest BCUT2D eigenvalue weighted by atomic mass is 16.5. The van der Waals surface area contributed by atoms with Crippen molar-refractivity contribution in [2.75, 3.05) is 0 Å². The van der Waals surface area contributed by atoms with Gasteiger partial charge in [-0.05, 0) is 25.7 Å². The largest absolute Gasteiger partial charge is 0.476 e. The van der Waals surface area contributed by atoms with Gasteiger partial charge in [0.05, 0.1) is 18.6 Å². The zero-order valence-corrected chi connectivity index (χ0v) is 9.80. The van der Waals surface area contributed by atoms with Crippen LogP contribution in [0, 0.1) is 0 Å². The number of aromatic nitrogens is 3. The molecule has 3 rings (SSSR count). The van der Waals surface area contributed by atoms with Gasteiger partial charge < -0.3 is 14.2 Å². The average molecular weight is 247 g/mol. The molecule has 0 spiro atoms. The number of imidazole rings is 1. The summed E-state index contributed by atoms with van der Waals surface area (Å²) < 4.78 is 7.03. The van der Waals surface area contributed by atoms with Crippen LogP contribution in [0.3, 0.4) is 0 Å². The van der Waals surface area contributed by atoms with Crippen LogP contribution in [0.25, 0.3) is 0 Å². The standard InChI is InChI=1S/C12H13N3O3/c16-12(17)10-5-8(18-14-10)6-15-7-13-9-3-1-2-4-11(9)15/h5,7H,1-4,6H2,(H,16,17). The zero-order valence-electron chi connectivity index (χ0n) is 9.80. The first-order valence-electron chi connectivity index (χ1n) is 5.96. The Balaban J connectivity index is 1.83. The third-order valence-electron chi connectivity index (χ3n) is 3.21. The van der Waals surface area contributed by atoms with E-state index in [0.717, 1.165) is 18.5 Å². The van der Waals surface area contributed by atoms with Crippen LogP contribution < -0.4 is 0 Å². The van der Waals surface area contributed by atoms with E-state index in [4.69, 9.17) is 9.63 Å². The lowest BCUT2D eigenvalue weighted by molar-refractivity contribution is 0.0685. The highest BCUT2D eigenvalue weighted by molar-refractivity contribution is 5.85. The summed E-state index contributed by atoms with van der Waals surface area (Å²) >= 11 is 0. The molecule has 0 radical (unpaired) electrons. The summed E-state index contributed by atoms with van der Waals surface area (Å²) in [6.07, 6.45) is 6.21. The number of carboxylic acids is 1.